The first kappa shape index (κ1) is 16.5. The number of nitrogens with zero attached hydrogens (tertiary/aromatic N) is 2. The van der Waals surface area contributed by atoms with Crippen LogP contribution in [0.25, 0.3) is 5.69 Å². The van der Waals surface area contributed by atoms with E-state index in [-0.39, 0.29) is 12.6 Å². The van der Waals surface area contributed by atoms with Crippen LogP contribution in [0.15, 0.2) is 59.1 Å². The van der Waals surface area contributed by atoms with Gasteiger partial charge in [-0.1, -0.05) is 30.3 Å². The van der Waals surface area contributed by atoms with E-state index in [1.54, 1.807) is 6.07 Å². The highest BCUT2D eigenvalue weighted by molar-refractivity contribution is 9.10. The number of benzene rings is 2. The lowest BCUT2D eigenvalue weighted by Gasteiger charge is -2.07. The van der Waals surface area contributed by atoms with E-state index in [2.05, 4.69) is 21.0 Å². The maximum absolute atomic E-state index is 12.3. The van der Waals surface area contributed by atoms with Crippen molar-refractivity contribution in [3.8, 4) is 5.69 Å². The first-order chi connectivity index (χ1) is 11.6. The zero-order valence-electron chi connectivity index (χ0n) is 13.5. The quantitative estimate of drug-likeness (QED) is 0.616. The van der Waals surface area contributed by atoms with Crippen LogP contribution >= 0.6 is 15.9 Å². The summed E-state index contributed by atoms with van der Waals surface area (Å²) in [6.07, 6.45) is 0. The highest BCUT2D eigenvalue weighted by Crippen LogP contribution is 2.21. The molecule has 0 saturated heterocycles. The number of rotatable bonds is 4. The summed E-state index contributed by atoms with van der Waals surface area (Å²) in [5.41, 5.74) is 4.26. The molecule has 0 unspecified atom stereocenters. The van der Waals surface area contributed by atoms with Crippen molar-refractivity contribution >= 4 is 21.9 Å². The van der Waals surface area contributed by atoms with Crippen LogP contribution in [0.2, 0.25) is 0 Å². The van der Waals surface area contributed by atoms with Gasteiger partial charge in [-0.2, -0.15) is 5.10 Å². The highest BCUT2D eigenvalue weighted by Gasteiger charge is 2.16. The molecule has 0 atom stereocenters. The molecule has 3 rings (SSSR count). The van der Waals surface area contributed by atoms with Gasteiger partial charge in [0, 0.05) is 15.7 Å². The number of para-hydroxylation sites is 1. The zero-order valence-corrected chi connectivity index (χ0v) is 15.1. The van der Waals surface area contributed by atoms with E-state index in [1.807, 2.05) is 67.1 Å². The molecule has 4 nitrogen and oxygen atoms in total. The second-order valence-electron chi connectivity index (χ2n) is 5.45. The lowest BCUT2D eigenvalue weighted by atomic mass is 10.2. The summed E-state index contributed by atoms with van der Waals surface area (Å²) >= 11 is 3.37. The molecule has 3 aromatic rings. The van der Waals surface area contributed by atoms with Crippen molar-refractivity contribution in [3.05, 3.63) is 81.6 Å². The predicted molar refractivity (Wildman–Crippen MR) is 96.3 cm³/mol. The normalized spacial score (nSPS) is 10.6. The van der Waals surface area contributed by atoms with Crippen LogP contribution in [0, 0.1) is 13.8 Å². The van der Waals surface area contributed by atoms with E-state index in [0.717, 1.165) is 27.1 Å². The van der Waals surface area contributed by atoms with Crippen molar-refractivity contribution in [2.45, 2.75) is 20.5 Å². The summed E-state index contributed by atoms with van der Waals surface area (Å²) in [4.78, 5) is 12.3. The van der Waals surface area contributed by atoms with Crippen LogP contribution in [-0.2, 0) is 11.3 Å². The maximum atomic E-state index is 12.3. The monoisotopic (exact) mass is 384 g/mol. The number of hydrogen-bond donors (Lipinski definition) is 0. The van der Waals surface area contributed by atoms with Gasteiger partial charge in [-0.3, -0.25) is 0 Å². The average molecular weight is 385 g/mol. The van der Waals surface area contributed by atoms with Gasteiger partial charge in [-0.25, -0.2) is 9.48 Å². The van der Waals surface area contributed by atoms with E-state index in [9.17, 15) is 4.79 Å². The lowest BCUT2D eigenvalue weighted by Crippen LogP contribution is -2.07. The van der Waals surface area contributed by atoms with Crippen molar-refractivity contribution in [2.24, 2.45) is 0 Å². The van der Waals surface area contributed by atoms with Gasteiger partial charge in [0.2, 0.25) is 0 Å². The molecule has 5 heteroatoms. The van der Waals surface area contributed by atoms with E-state index in [1.165, 1.54) is 0 Å². The first-order valence-electron chi connectivity index (χ1n) is 7.60. The Labute approximate surface area is 149 Å². The van der Waals surface area contributed by atoms with Gasteiger partial charge in [0.05, 0.1) is 16.9 Å². The molecule has 0 aliphatic carbocycles. The molecule has 0 spiro atoms. The summed E-state index contributed by atoms with van der Waals surface area (Å²) in [6.45, 7) is 4.10. The Morgan fingerprint density at radius 1 is 1.08 bits per heavy atom. The second kappa shape index (κ2) is 7.01. The summed E-state index contributed by atoms with van der Waals surface area (Å²) in [6, 6.07) is 17.1. The van der Waals surface area contributed by atoms with Crippen molar-refractivity contribution < 1.29 is 9.53 Å². The lowest BCUT2D eigenvalue weighted by molar-refractivity contribution is 0.0470. The molecular formula is C19H17BrN2O2. The fraction of sp³-hybridized carbons (Fsp3) is 0.158. The second-order valence-corrected chi connectivity index (χ2v) is 6.31. The number of hydrogen-bond acceptors (Lipinski definition) is 3. The summed E-state index contributed by atoms with van der Waals surface area (Å²) < 4.78 is 8.08. The summed E-state index contributed by atoms with van der Waals surface area (Å²) in [5, 5.41) is 4.56. The summed E-state index contributed by atoms with van der Waals surface area (Å²) in [5.74, 6) is -0.353. The predicted octanol–water partition coefficient (Wildman–Crippen LogP) is 4.61. The third-order valence-electron chi connectivity index (χ3n) is 3.88. The topological polar surface area (TPSA) is 44.1 Å². The largest absolute Gasteiger partial charge is 0.457 e. The fourth-order valence-electron chi connectivity index (χ4n) is 2.55. The molecule has 0 amide bonds. The SMILES string of the molecule is Cc1nn(-c2ccccc2)c(C)c1COC(=O)c1ccccc1Br. The number of ether oxygens (including phenoxy) is 1. The van der Waals surface area contributed by atoms with E-state index in [4.69, 9.17) is 4.74 Å². The van der Waals surface area contributed by atoms with Crippen LogP contribution in [0.5, 0.6) is 0 Å². The van der Waals surface area contributed by atoms with Gasteiger partial charge < -0.3 is 4.74 Å². The van der Waals surface area contributed by atoms with Crippen LogP contribution in [0.1, 0.15) is 27.3 Å². The molecule has 0 fully saturated rings. The average Bonchev–Trinajstić information content (AvgIpc) is 2.88. The Kier molecular flexibility index (Phi) is 4.81. The maximum Gasteiger partial charge on any atom is 0.339 e. The van der Waals surface area contributed by atoms with Gasteiger partial charge in [-0.05, 0) is 54.0 Å². The molecule has 122 valence electrons. The minimum atomic E-state index is -0.353. The molecule has 0 aliphatic rings. The molecule has 24 heavy (non-hydrogen) atoms. The number of carbonyl (C=O) groups excluding carboxylic acids is 1. The number of aryl methyl sites for hydroxylation is 1. The number of carbonyl (C=O) groups is 1. The Bertz CT molecular complexity index is 872. The van der Waals surface area contributed by atoms with E-state index >= 15 is 0 Å². The van der Waals surface area contributed by atoms with Gasteiger partial charge >= 0.3 is 5.97 Å². The van der Waals surface area contributed by atoms with Crippen LogP contribution in [-0.4, -0.2) is 15.7 Å². The number of esters is 1. The van der Waals surface area contributed by atoms with Gasteiger partial charge in [0.25, 0.3) is 0 Å². The van der Waals surface area contributed by atoms with Crippen molar-refractivity contribution in [2.75, 3.05) is 0 Å². The number of halogens is 1. The summed E-state index contributed by atoms with van der Waals surface area (Å²) in [7, 11) is 0. The molecule has 2 aromatic carbocycles. The molecule has 0 N–H and O–H groups in total. The molecule has 0 radical (unpaired) electrons. The van der Waals surface area contributed by atoms with Crippen LogP contribution < -0.4 is 0 Å². The Morgan fingerprint density at radius 2 is 1.75 bits per heavy atom. The molecule has 1 aromatic heterocycles. The van der Waals surface area contributed by atoms with E-state index < -0.39 is 0 Å². The van der Waals surface area contributed by atoms with Crippen molar-refractivity contribution in [1.82, 2.24) is 9.78 Å². The van der Waals surface area contributed by atoms with E-state index in [0.29, 0.717) is 5.56 Å². The number of aromatic nitrogens is 2. The van der Waals surface area contributed by atoms with Gasteiger partial charge in [0.1, 0.15) is 6.61 Å². The molecule has 0 bridgehead atoms. The van der Waals surface area contributed by atoms with Gasteiger partial charge in [0.15, 0.2) is 0 Å². The Balaban J connectivity index is 1.80. The molecule has 1 heterocycles. The van der Waals surface area contributed by atoms with Crippen molar-refractivity contribution in [3.63, 3.8) is 0 Å². The minimum absolute atomic E-state index is 0.199. The molecule has 0 saturated carbocycles. The Morgan fingerprint density at radius 3 is 2.46 bits per heavy atom. The first-order valence-corrected chi connectivity index (χ1v) is 8.39. The van der Waals surface area contributed by atoms with Crippen LogP contribution in [0.4, 0.5) is 0 Å². The Hall–Kier alpha value is -2.40. The molecular weight excluding hydrogens is 368 g/mol. The van der Waals surface area contributed by atoms with Crippen LogP contribution in [0.3, 0.4) is 0 Å². The third-order valence-corrected chi connectivity index (χ3v) is 4.57. The fourth-order valence-corrected chi connectivity index (χ4v) is 2.99. The standard InChI is InChI=1S/C19H17BrN2O2/c1-13-17(12-24-19(23)16-10-6-7-11-18(16)20)14(2)22(21-13)15-8-4-3-5-9-15/h3-11H,12H2,1-2H3. The zero-order chi connectivity index (χ0) is 17.1. The third kappa shape index (κ3) is 3.26. The van der Waals surface area contributed by atoms with Crippen molar-refractivity contribution in [1.29, 1.82) is 0 Å². The van der Waals surface area contributed by atoms with Gasteiger partial charge in [-0.15, -0.1) is 0 Å². The molecule has 0 aliphatic heterocycles. The minimum Gasteiger partial charge on any atom is -0.457 e. The highest BCUT2D eigenvalue weighted by atomic mass is 79.9. The smallest absolute Gasteiger partial charge is 0.339 e.